The lowest BCUT2D eigenvalue weighted by atomic mass is 9.94. The lowest BCUT2D eigenvalue weighted by Crippen LogP contribution is -2.64. The molecule has 9 heteroatoms. The highest BCUT2D eigenvalue weighted by Crippen LogP contribution is 2.37. The largest absolute Gasteiger partial charge is 0.455 e. The van der Waals surface area contributed by atoms with Gasteiger partial charge in [-0.1, -0.05) is 48.5 Å². The van der Waals surface area contributed by atoms with E-state index in [-0.39, 0.29) is 6.61 Å². The number of fused-ring (bicyclic) bond motifs is 1. The van der Waals surface area contributed by atoms with Gasteiger partial charge in [-0.25, -0.2) is 4.79 Å². The Morgan fingerprint density at radius 2 is 1.57 bits per heavy atom. The molecule has 1 unspecified atom stereocenters. The number of methoxy groups -OCH3 is 1. The van der Waals surface area contributed by atoms with Crippen LogP contribution in [-0.2, 0) is 33.2 Å². The molecule has 6 atom stereocenters. The van der Waals surface area contributed by atoms with E-state index in [0.29, 0.717) is 5.69 Å². The molecule has 2 aromatic carbocycles. The van der Waals surface area contributed by atoms with Crippen LogP contribution >= 0.6 is 0 Å². The summed E-state index contributed by atoms with van der Waals surface area (Å²) in [7, 11) is 1.43. The van der Waals surface area contributed by atoms with Crippen molar-refractivity contribution in [3.8, 4) is 0 Å². The summed E-state index contributed by atoms with van der Waals surface area (Å²) in [6, 6.07) is 18.3. The molecule has 1 amide bonds. The predicted octanol–water partition coefficient (Wildman–Crippen LogP) is 4.05. The Bertz CT molecular complexity index is 993. The topological polar surface area (TPSA) is 102 Å². The van der Waals surface area contributed by atoms with E-state index in [1.807, 2.05) is 36.4 Å². The van der Waals surface area contributed by atoms with Crippen molar-refractivity contribution < 1.29 is 38.0 Å². The molecule has 0 aliphatic carbocycles. The van der Waals surface area contributed by atoms with Gasteiger partial charge in [0, 0.05) is 18.4 Å². The average Bonchev–Trinajstić information content (AvgIpc) is 2.85. The molecule has 2 aliphatic rings. The lowest BCUT2D eigenvalue weighted by molar-refractivity contribution is -0.358. The van der Waals surface area contributed by atoms with Gasteiger partial charge in [0.1, 0.15) is 12.2 Å². The number of esters is 1. The number of carbonyl (C=O) groups excluding carboxylic acids is 2. The van der Waals surface area contributed by atoms with Crippen molar-refractivity contribution in [3.63, 3.8) is 0 Å². The van der Waals surface area contributed by atoms with Gasteiger partial charge in [0.25, 0.3) is 0 Å². The molecule has 2 aliphatic heterocycles. The van der Waals surface area contributed by atoms with Crippen molar-refractivity contribution in [3.05, 3.63) is 66.2 Å². The van der Waals surface area contributed by atoms with Gasteiger partial charge in [-0.05, 0) is 32.9 Å². The Morgan fingerprint density at radius 3 is 2.20 bits per heavy atom. The van der Waals surface area contributed by atoms with Crippen LogP contribution in [-0.4, -0.2) is 56.5 Å². The molecule has 188 valence electrons. The smallest absolute Gasteiger partial charge is 0.412 e. The van der Waals surface area contributed by atoms with Crippen LogP contribution < -0.4 is 5.32 Å². The summed E-state index contributed by atoms with van der Waals surface area (Å²) in [5.41, 5.74) is 0.563. The molecule has 0 bridgehead atoms. The molecule has 2 saturated heterocycles. The minimum Gasteiger partial charge on any atom is -0.455 e. The summed E-state index contributed by atoms with van der Waals surface area (Å²) in [5, 5.41) is 2.67. The third-order valence-electron chi connectivity index (χ3n) is 5.71. The normalized spacial score (nSPS) is 28.5. The highest BCUT2D eigenvalue weighted by atomic mass is 16.8. The van der Waals surface area contributed by atoms with Crippen molar-refractivity contribution in [2.45, 2.75) is 57.8 Å². The van der Waals surface area contributed by atoms with Crippen molar-refractivity contribution >= 4 is 17.7 Å². The van der Waals surface area contributed by atoms with E-state index >= 15 is 0 Å². The average molecular weight is 486 g/mol. The Kier molecular flexibility index (Phi) is 7.71. The maximum atomic E-state index is 12.9. The number of amides is 1. The van der Waals surface area contributed by atoms with Gasteiger partial charge in [0.2, 0.25) is 0 Å². The number of hydrogen-bond acceptors (Lipinski definition) is 8. The summed E-state index contributed by atoms with van der Waals surface area (Å²) < 4.78 is 35.2. The molecule has 35 heavy (non-hydrogen) atoms. The van der Waals surface area contributed by atoms with E-state index in [1.165, 1.54) is 7.11 Å². The first kappa shape index (κ1) is 25.1. The number of ether oxygens (including phenoxy) is 6. The predicted molar refractivity (Wildman–Crippen MR) is 125 cm³/mol. The third-order valence-corrected chi connectivity index (χ3v) is 5.71. The van der Waals surface area contributed by atoms with Crippen LogP contribution in [0.3, 0.4) is 0 Å². The maximum absolute atomic E-state index is 12.9. The molecule has 0 spiro atoms. The SMILES string of the molecule is CO[C@H]1O[C@@H]2COC(c3ccccc3)O[C@H]2[C@H](OC(=O)C(C)(C)C)[C@H]1OC(=O)Nc1ccccc1. The number of rotatable bonds is 5. The van der Waals surface area contributed by atoms with Gasteiger partial charge in [-0.2, -0.15) is 0 Å². The first-order valence-corrected chi connectivity index (χ1v) is 11.5. The highest BCUT2D eigenvalue weighted by molar-refractivity contribution is 5.84. The van der Waals surface area contributed by atoms with E-state index in [1.54, 1.807) is 45.0 Å². The molecular formula is C26H31NO8. The van der Waals surface area contributed by atoms with Crippen LogP contribution in [0.1, 0.15) is 32.6 Å². The van der Waals surface area contributed by atoms with Crippen molar-refractivity contribution in [1.29, 1.82) is 0 Å². The Labute approximate surface area is 204 Å². The second-order valence-electron chi connectivity index (χ2n) is 9.44. The zero-order valence-electron chi connectivity index (χ0n) is 20.2. The van der Waals surface area contributed by atoms with Crippen molar-refractivity contribution in [2.24, 2.45) is 5.41 Å². The van der Waals surface area contributed by atoms with Crippen LogP contribution in [0.4, 0.5) is 10.5 Å². The Balaban J connectivity index is 1.60. The molecule has 2 aromatic rings. The second kappa shape index (κ2) is 10.7. The molecule has 2 fully saturated rings. The number of benzene rings is 2. The summed E-state index contributed by atoms with van der Waals surface area (Å²) in [5.74, 6) is -0.471. The number of hydrogen-bond donors (Lipinski definition) is 1. The standard InChI is InChI=1S/C26H31NO8/c1-26(2,3)24(28)34-20-19-18(15-31-22(33-19)16-11-7-5-8-12-16)32-23(30-4)21(20)35-25(29)27-17-13-9-6-10-14-17/h5-14,18-23H,15H2,1-4H3,(H,27,29)/t18-,19-,20+,21-,22?,23+/m1/s1. The van der Waals surface area contributed by atoms with Crippen LogP contribution in [0.2, 0.25) is 0 Å². The fourth-order valence-electron chi connectivity index (χ4n) is 3.87. The monoisotopic (exact) mass is 485 g/mol. The molecule has 0 aromatic heterocycles. The zero-order valence-corrected chi connectivity index (χ0v) is 20.2. The quantitative estimate of drug-likeness (QED) is 0.633. The third kappa shape index (κ3) is 5.99. The summed E-state index contributed by atoms with van der Waals surface area (Å²) in [6.45, 7) is 5.41. The first-order valence-electron chi connectivity index (χ1n) is 11.5. The summed E-state index contributed by atoms with van der Waals surface area (Å²) in [4.78, 5) is 25.7. The first-order chi connectivity index (χ1) is 16.8. The Hall–Kier alpha value is -2.98. The molecule has 1 N–H and O–H groups in total. The molecule has 0 radical (unpaired) electrons. The van der Waals surface area contributed by atoms with Crippen LogP contribution in [0.15, 0.2) is 60.7 Å². The Morgan fingerprint density at radius 1 is 0.914 bits per heavy atom. The van der Waals surface area contributed by atoms with Crippen molar-refractivity contribution in [1.82, 2.24) is 0 Å². The molecule has 2 heterocycles. The van der Waals surface area contributed by atoms with Crippen LogP contribution in [0.25, 0.3) is 0 Å². The minimum atomic E-state index is -1.09. The number of para-hydroxylation sites is 1. The van der Waals surface area contributed by atoms with E-state index in [2.05, 4.69) is 5.32 Å². The van der Waals surface area contributed by atoms with Gasteiger partial charge in [0.05, 0.1) is 12.0 Å². The highest BCUT2D eigenvalue weighted by Gasteiger charge is 2.54. The lowest BCUT2D eigenvalue weighted by Gasteiger charge is -2.48. The van der Waals surface area contributed by atoms with Gasteiger partial charge < -0.3 is 28.4 Å². The zero-order chi connectivity index (χ0) is 25.0. The van der Waals surface area contributed by atoms with Crippen LogP contribution in [0.5, 0.6) is 0 Å². The van der Waals surface area contributed by atoms with E-state index in [0.717, 1.165) is 5.56 Å². The van der Waals surface area contributed by atoms with Crippen LogP contribution in [0, 0.1) is 5.41 Å². The minimum absolute atomic E-state index is 0.177. The maximum Gasteiger partial charge on any atom is 0.412 e. The molecule has 4 rings (SSSR count). The summed E-state index contributed by atoms with van der Waals surface area (Å²) >= 11 is 0. The molecule has 0 saturated carbocycles. The second-order valence-corrected chi connectivity index (χ2v) is 9.44. The fourth-order valence-corrected chi connectivity index (χ4v) is 3.87. The van der Waals surface area contributed by atoms with Gasteiger partial charge in [-0.15, -0.1) is 0 Å². The van der Waals surface area contributed by atoms with Gasteiger partial charge in [-0.3, -0.25) is 10.1 Å². The van der Waals surface area contributed by atoms with E-state index in [4.69, 9.17) is 28.4 Å². The number of nitrogens with one attached hydrogen (secondary N) is 1. The van der Waals surface area contributed by atoms with Gasteiger partial charge in [0.15, 0.2) is 24.8 Å². The number of anilines is 1. The molecule has 9 nitrogen and oxygen atoms in total. The molecular weight excluding hydrogens is 454 g/mol. The fraction of sp³-hybridized carbons (Fsp3) is 0.462. The summed E-state index contributed by atoms with van der Waals surface area (Å²) in [6.07, 6.45) is -5.90. The van der Waals surface area contributed by atoms with E-state index in [9.17, 15) is 9.59 Å². The number of carbonyl (C=O) groups is 2. The van der Waals surface area contributed by atoms with E-state index < -0.39 is 54.5 Å². The van der Waals surface area contributed by atoms with Gasteiger partial charge >= 0.3 is 12.1 Å². The van der Waals surface area contributed by atoms with Crippen molar-refractivity contribution in [2.75, 3.05) is 19.0 Å².